The summed E-state index contributed by atoms with van der Waals surface area (Å²) in [7, 11) is 5.36. The summed E-state index contributed by atoms with van der Waals surface area (Å²) in [6, 6.07) is -1.65. The van der Waals surface area contributed by atoms with E-state index >= 15 is 0 Å². The molecule has 2 N–H and O–H groups in total. The van der Waals surface area contributed by atoms with E-state index in [0.717, 1.165) is 0 Å². The largest absolute Gasteiger partial charge is 0.481 e. The molecule has 1 unspecified atom stereocenters. The van der Waals surface area contributed by atoms with Crippen LogP contribution in [0.2, 0.25) is 0 Å². The molecule has 2 amide bonds. The summed E-state index contributed by atoms with van der Waals surface area (Å²) < 4.78 is 0. The van der Waals surface area contributed by atoms with Crippen molar-refractivity contribution in [3.8, 4) is 0 Å². The SMILES string of the molecule is C/C(=C\[C@H](C(C)C)N(C)C(=O)[C@@H](NC(=O)[C@@H](N(C)C)C(C)(C)C)C(C)(C)C)C(=O)CCC(C=O)CC(=O)O. The van der Waals surface area contributed by atoms with E-state index < -0.39 is 35.4 Å². The van der Waals surface area contributed by atoms with Crippen molar-refractivity contribution < 1.29 is 29.1 Å². The minimum atomic E-state index is -1.08. The average molecular weight is 538 g/mol. The quantitative estimate of drug-likeness (QED) is 0.256. The highest BCUT2D eigenvalue weighted by Crippen LogP contribution is 2.27. The van der Waals surface area contributed by atoms with Crippen LogP contribution in [0.5, 0.6) is 0 Å². The Balaban J connectivity index is 5.93. The second kappa shape index (κ2) is 14.6. The van der Waals surface area contributed by atoms with Crippen LogP contribution in [-0.4, -0.2) is 84.0 Å². The number of amides is 2. The number of carbonyl (C=O) groups is 5. The summed E-state index contributed by atoms with van der Waals surface area (Å²) >= 11 is 0. The topological polar surface area (TPSA) is 124 Å². The van der Waals surface area contributed by atoms with E-state index in [1.54, 1.807) is 24.9 Å². The van der Waals surface area contributed by atoms with Crippen LogP contribution in [0.25, 0.3) is 0 Å². The third-order valence-electron chi connectivity index (χ3n) is 6.69. The number of Topliss-reactive ketones (excluding diaryl/α,β-unsaturated/α-hetero) is 1. The van der Waals surface area contributed by atoms with Crippen LogP contribution in [0.15, 0.2) is 11.6 Å². The molecule has 0 aromatic rings. The molecule has 4 atom stereocenters. The number of carboxylic acid groups (broad SMARTS) is 1. The zero-order chi connectivity index (χ0) is 30.2. The first-order valence-corrected chi connectivity index (χ1v) is 13.3. The predicted molar refractivity (Wildman–Crippen MR) is 150 cm³/mol. The average Bonchev–Trinajstić information content (AvgIpc) is 2.74. The Morgan fingerprint density at radius 1 is 0.947 bits per heavy atom. The summed E-state index contributed by atoms with van der Waals surface area (Å²) in [6.07, 6.45) is 2.21. The minimum Gasteiger partial charge on any atom is -0.481 e. The van der Waals surface area contributed by atoms with Gasteiger partial charge >= 0.3 is 5.97 Å². The van der Waals surface area contributed by atoms with E-state index in [4.69, 9.17) is 5.11 Å². The Labute approximate surface area is 229 Å². The van der Waals surface area contributed by atoms with Gasteiger partial charge in [-0.2, -0.15) is 0 Å². The van der Waals surface area contributed by atoms with Crippen LogP contribution in [0.4, 0.5) is 0 Å². The van der Waals surface area contributed by atoms with Gasteiger partial charge in [0.05, 0.1) is 18.5 Å². The lowest BCUT2D eigenvalue weighted by atomic mass is 9.82. The molecular formula is C29H51N3O6. The van der Waals surface area contributed by atoms with E-state index in [1.807, 2.05) is 74.4 Å². The van der Waals surface area contributed by atoms with Gasteiger partial charge in [0.1, 0.15) is 12.3 Å². The second-order valence-corrected chi connectivity index (χ2v) is 13.0. The number of aliphatic carboxylic acids is 1. The summed E-state index contributed by atoms with van der Waals surface area (Å²) in [4.78, 5) is 65.4. The molecule has 9 nitrogen and oxygen atoms in total. The van der Waals surface area contributed by atoms with Crippen LogP contribution in [0, 0.1) is 22.7 Å². The molecule has 0 heterocycles. The molecule has 0 aromatic carbocycles. The Morgan fingerprint density at radius 2 is 1.47 bits per heavy atom. The van der Waals surface area contributed by atoms with E-state index in [0.29, 0.717) is 11.9 Å². The maximum atomic E-state index is 13.8. The Morgan fingerprint density at radius 3 is 1.84 bits per heavy atom. The maximum absolute atomic E-state index is 13.8. The maximum Gasteiger partial charge on any atom is 0.304 e. The van der Waals surface area contributed by atoms with Gasteiger partial charge in [-0.3, -0.25) is 24.1 Å². The number of ketones is 1. The van der Waals surface area contributed by atoms with Gasteiger partial charge in [0, 0.05) is 19.4 Å². The van der Waals surface area contributed by atoms with Crippen molar-refractivity contribution in [2.45, 2.75) is 99.7 Å². The number of hydrogen-bond acceptors (Lipinski definition) is 6. The number of nitrogens with one attached hydrogen (secondary N) is 1. The van der Waals surface area contributed by atoms with Crippen molar-refractivity contribution in [3.63, 3.8) is 0 Å². The molecule has 0 aromatic heterocycles. The first-order chi connectivity index (χ1) is 17.1. The molecule has 0 aliphatic rings. The Bertz CT molecular complexity index is 880. The lowest BCUT2D eigenvalue weighted by Gasteiger charge is -2.40. The molecule has 0 aliphatic carbocycles. The van der Waals surface area contributed by atoms with Crippen LogP contribution in [0.1, 0.15) is 81.6 Å². The van der Waals surface area contributed by atoms with Crippen LogP contribution in [0.3, 0.4) is 0 Å². The minimum absolute atomic E-state index is 0.0261. The molecule has 0 bridgehead atoms. The molecule has 0 fully saturated rings. The molecule has 0 radical (unpaired) electrons. The van der Waals surface area contributed by atoms with Gasteiger partial charge in [-0.25, -0.2) is 0 Å². The van der Waals surface area contributed by atoms with Crippen molar-refractivity contribution in [3.05, 3.63) is 11.6 Å². The van der Waals surface area contributed by atoms with Crippen molar-refractivity contribution in [2.24, 2.45) is 22.7 Å². The zero-order valence-corrected chi connectivity index (χ0v) is 25.5. The van der Waals surface area contributed by atoms with Crippen LogP contribution < -0.4 is 5.32 Å². The van der Waals surface area contributed by atoms with Crippen molar-refractivity contribution in [1.82, 2.24) is 15.1 Å². The lowest BCUT2D eigenvalue weighted by Crippen LogP contribution is -2.60. The monoisotopic (exact) mass is 537 g/mol. The zero-order valence-electron chi connectivity index (χ0n) is 25.5. The van der Waals surface area contributed by atoms with Gasteiger partial charge in [0.15, 0.2) is 5.78 Å². The summed E-state index contributed by atoms with van der Waals surface area (Å²) in [5, 5.41) is 11.9. The highest BCUT2D eigenvalue weighted by molar-refractivity contribution is 5.95. The van der Waals surface area contributed by atoms with Crippen molar-refractivity contribution >= 4 is 29.9 Å². The number of carboxylic acids is 1. The van der Waals surface area contributed by atoms with E-state index in [9.17, 15) is 24.0 Å². The summed E-state index contributed by atoms with van der Waals surface area (Å²) in [6.45, 7) is 17.2. The molecule has 0 rings (SSSR count). The highest BCUT2D eigenvalue weighted by Gasteiger charge is 2.40. The van der Waals surface area contributed by atoms with Gasteiger partial charge in [-0.15, -0.1) is 0 Å². The van der Waals surface area contributed by atoms with Gasteiger partial charge in [-0.1, -0.05) is 61.5 Å². The first kappa shape index (κ1) is 35.5. The predicted octanol–water partition coefficient (Wildman–Crippen LogP) is 3.56. The molecule has 38 heavy (non-hydrogen) atoms. The van der Waals surface area contributed by atoms with Gasteiger partial charge in [0.2, 0.25) is 11.8 Å². The van der Waals surface area contributed by atoms with E-state index in [2.05, 4.69) is 5.32 Å². The van der Waals surface area contributed by atoms with Gasteiger partial charge in [-0.05, 0) is 49.8 Å². The number of rotatable bonds is 14. The number of aldehydes is 1. The molecule has 0 spiro atoms. The highest BCUT2D eigenvalue weighted by atomic mass is 16.4. The third-order valence-corrected chi connectivity index (χ3v) is 6.69. The first-order valence-electron chi connectivity index (χ1n) is 13.3. The fraction of sp³-hybridized carbons (Fsp3) is 0.759. The van der Waals surface area contributed by atoms with Gasteiger partial charge in [0.25, 0.3) is 0 Å². The number of carbonyl (C=O) groups excluding carboxylic acids is 4. The molecule has 9 heteroatoms. The number of likely N-dealkylation sites (N-methyl/N-ethyl adjacent to an activating group) is 2. The smallest absolute Gasteiger partial charge is 0.304 e. The molecular weight excluding hydrogens is 486 g/mol. The number of nitrogens with zero attached hydrogens (tertiary/aromatic N) is 2. The van der Waals surface area contributed by atoms with Crippen molar-refractivity contribution in [1.29, 1.82) is 0 Å². The fourth-order valence-corrected chi connectivity index (χ4v) is 4.68. The fourth-order valence-electron chi connectivity index (χ4n) is 4.68. The molecule has 0 saturated carbocycles. The Hall–Kier alpha value is -2.55. The number of allylic oxidation sites excluding steroid dienone is 1. The summed E-state index contributed by atoms with van der Waals surface area (Å²) in [5.41, 5.74) is -0.473. The van der Waals surface area contributed by atoms with Gasteiger partial charge < -0.3 is 20.1 Å². The van der Waals surface area contributed by atoms with E-state index in [-0.39, 0.29) is 48.2 Å². The van der Waals surface area contributed by atoms with Crippen LogP contribution in [-0.2, 0) is 24.0 Å². The van der Waals surface area contributed by atoms with Crippen molar-refractivity contribution in [2.75, 3.05) is 21.1 Å². The standard InChI is InChI=1S/C29H51N3O6/c1-18(2)21(15-19(3)22(34)14-13-20(17-33)16-23(35)36)32(12)27(38)24(28(4,5)6)30-26(37)25(31(10)11)29(7,8)9/h15,17-18,20-21,24-25H,13-14,16H2,1-12H3,(H,30,37)(H,35,36)/b19-15+/t20?,21-,24-,25-/m1/s1. The Kier molecular flexibility index (Phi) is 13.6. The van der Waals surface area contributed by atoms with E-state index in [1.165, 1.54) is 0 Å². The molecule has 0 saturated heterocycles. The molecule has 218 valence electrons. The lowest BCUT2D eigenvalue weighted by molar-refractivity contribution is -0.142. The third kappa shape index (κ3) is 11.1. The summed E-state index contributed by atoms with van der Waals surface area (Å²) in [5.74, 6) is -2.50. The normalized spacial score (nSPS) is 16.0. The van der Waals surface area contributed by atoms with Crippen LogP contribution >= 0.6 is 0 Å². The molecule has 0 aliphatic heterocycles. The second-order valence-electron chi connectivity index (χ2n) is 13.0. The number of hydrogen-bond donors (Lipinski definition) is 2.